The van der Waals surface area contributed by atoms with E-state index in [1.54, 1.807) is 31.2 Å². The van der Waals surface area contributed by atoms with Gasteiger partial charge in [0.05, 0.1) is 13.7 Å². The van der Waals surface area contributed by atoms with Gasteiger partial charge in [0.1, 0.15) is 34.8 Å². The second-order valence-corrected chi connectivity index (χ2v) is 7.87. The van der Waals surface area contributed by atoms with Crippen LogP contribution >= 0.6 is 0 Å². The highest BCUT2D eigenvalue weighted by Crippen LogP contribution is 2.39. The zero-order valence-corrected chi connectivity index (χ0v) is 20.1. The lowest BCUT2D eigenvalue weighted by Gasteiger charge is -2.14. The number of benzene rings is 2. The minimum absolute atomic E-state index is 0.0604. The van der Waals surface area contributed by atoms with Crippen molar-refractivity contribution in [2.24, 2.45) is 0 Å². The first-order chi connectivity index (χ1) is 16.8. The van der Waals surface area contributed by atoms with Gasteiger partial charge in [-0.1, -0.05) is 11.6 Å². The largest absolute Gasteiger partial charge is 0.507 e. The summed E-state index contributed by atoms with van der Waals surface area (Å²) >= 11 is 0. The van der Waals surface area contributed by atoms with Crippen LogP contribution < -0.4 is 14.9 Å². The van der Waals surface area contributed by atoms with Crippen LogP contribution in [-0.4, -0.2) is 36.5 Å². The Hall–Kier alpha value is -4.20. The SMILES string of the molecule is CCOC(=O)/C=C/COc1c(-c2ccc(OC)cc2)oc2c(CC=C(C)C)c(O)cc(O)c2c1=O. The highest BCUT2D eigenvalue weighted by atomic mass is 16.5. The molecule has 0 spiro atoms. The van der Waals surface area contributed by atoms with Crippen LogP contribution in [0.5, 0.6) is 23.0 Å². The molecule has 0 aliphatic heterocycles. The number of methoxy groups -OCH3 is 1. The second-order valence-electron chi connectivity index (χ2n) is 7.87. The van der Waals surface area contributed by atoms with E-state index < -0.39 is 17.1 Å². The molecule has 0 saturated carbocycles. The summed E-state index contributed by atoms with van der Waals surface area (Å²) in [6.07, 6.45) is 4.78. The molecule has 8 nitrogen and oxygen atoms in total. The molecule has 0 radical (unpaired) electrons. The van der Waals surface area contributed by atoms with Crippen molar-refractivity contribution >= 4 is 16.9 Å². The molecular weight excluding hydrogens is 452 g/mol. The minimum atomic E-state index is -0.613. The monoisotopic (exact) mass is 480 g/mol. The molecule has 2 aromatic carbocycles. The van der Waals surface area contributed by atoms with Crippen LogP contribution in [0, 0.1) is 0 Å². The maximum Gasteiger partial charge on any atom is 0.330 e. The number of rotatable bonds is 9. The minimum Gasteiger partial charge on any atom is -0.507 e. The van der Waals surface area contributed by atoms with Crippen molar-refractivity contribution in [1.29, 1.82) is 0 Å². The summed E-state index contributed by atoms with van der Waals surface area (Å²) < 4.78 is 21.9. The lowest BCUT2D eigenvalue weighted by molar-refractivity contribution is -0.137. The molecule has 8 heteroatoms. The van der Waals surface area contributed by atoms with Crippen molar-refractivity contribution in [3.63, 3.8) is 0 Å². The first-order valence-corrected chi connectivity index (χ1v) is 11.0. The van der Waals surface area contributed by atoms with Gasteiger partial charge in [0.2, 0.25) is 11.2 Å². The van der Waals surface area contributed by atoms with Crippen molar-refractivity contribution in [3.05, 3.63) is 69.9 Å². The molecule has 3 rings (SSSR count). The van der Waals surface area contributed by atoms with Gasteiger partial charge in [0.15, 0.2) is 5.76 Å². The number of aromatic hydroxyl groups is 2. The second kappa shape index (κ2) is 11.3. The van der Waals surface area contributed by atoms with E-state index in [-0.39, 0.29) is 41.4 Å². The predicted molar refractivity (Wildman–Crippen MR) is 132 cm³/mol. The maximum absolute atomic E-state index is 13.5. The van der Waals surface area contributed by atoms with Crippen molar-refractivity contribution in [2.75, 3.05) is 20.3 Å². The Morgan fingerprint density at radius 2 is 1.83 bits per heavy atom. The third kappa shape index (κ3) is 5.84. The Balaban J connectivity index is 2.21. The molecule has 0 aliphatic carbocycles. The van der Waals surface area contributed by atoms with E-state index in [2.05, 4.69) is 0 Å². The van der Waals surface area contributed by atoms with E-state index >= 15 is 0 Å². The predicted octanol–water partition coefficient (Wildman–Crippen LogP) is 4.89. The average Bonchev–Trinajstić information content (AvgIpc) is 2.82. The quantitative estimate of drug-likeness (QED) is 0.253. The van der Waals surface area contributed by atoms with Crippen LogP contribution in [0.25, 0.3) is 22.3 Å². The van der Waals surface area contributed by atoms with Gasteiger partial charge in [0, 0.05) is 23.3 Å². The third-order valence-corrected chi connectivity index (χ3v) is 5.11. The van der Waals surface area contributed by atoms with E-state index in [0.29, 0.717) is 23.3 Å². The summed E-state index contributed by atoms with van der Waals surface area (Å²) in [6.45, 7) is 5.63. The number of fused-ring (bicyclic) bond motifs is 1. The number of esters is 1. The highest BCUT2D eigenvalue weighted by molar-refractivity contribution is 5.91. The van der Waals surface area contributed by atoms with Gasteiger partial charge in [-0.25, -0.2) is 4.79 Å². The summed E-state index contributed by atoms with van der Waals surface area (Å²) in [5, 5.41) is 20.9. The third-order valence-electron chi connectivity index (χ3n) is 5.11. The lowest BCUT2D eigenvalue weighted by atomic mass is 10.0. The van der Waals surface area contributed by atoms with Gasteiger partial charge in [0.25, 0.3) is 0 Å². The summed E-state index contributed by atoms with van der Waals surface area (Å²) in [5.41, 5.74) is 1.34. The molecule has 184 valence electrons. The topological polar surface area (TPSA) is 115 Å². The van der Waals surface area contributed by atoms with Crippen LogP contribution in [0.1, 0.15) is 26.3 Å². The van der Waals surface area contributed by atoms with Crippen molar-refractivity contribution in [1.82, 2.24) is 0 Å². The standard InChI is InChI=1S/C27H28O8/c1-5-33-22(30)7-6-14-34-27-24(31)23-21(29)15-20(28)19(13-8-16(2)3)26(23)35-25(27)17-9-11-18(32-4)12-10-17/h6-12,15,28-29H,5,13-14H2,1-4H3/b7-6+. The van der Waals surface area contributed by atoms with E-state index in [1.807, 2.05) is 19.9 Å². The van der Waals surface area contributed by atoms with Gasteiger partial charge in [-0.2, -0.15) is 0 Å². The molecule has 1 heterocycles. The van der Waals surface area contributed by atoms with Crippen LogP contribution in [0.2, 0.25) is 0 Å². The van der Waals surface area contributed by atoms with Gasteiger partial charge >= 0.3 is 5.97 Å². The smallest absolute Gasteiger partial charge is 0.330 e. The Bertz CT molecular complexity index is 1330. The molecule has 1 aromatic heterocycles. The van der Waals surface area contributed by atoms with E-state index in [9.17, 15) is 19.8 Å². The molecule has 0 unspecified atom stereocenters. The molecule has 0 atom stereocenters. The van der Waals surface area contributed by atoms with Crippen molar-refractivity contribution in [2.45, 2.75) is 27.2 Å². The number of ether oxygens (including phenoxy) is 3. The number of phenolic OH excluding ortho intramolecular Hbond substituents is 2. The van der Waals surface area contributed by atoms with Crippen molar-refractivity contribution in [3.8, 4) is 34.3 Å². The van der Waals surface area contributed by atoms with Crippen LogP contribution in [0.3, 0.4) is 0 Å². The zero-order chi connectivity index (χ0) is 25.5. The molecule has 0 amide bonds. The van der Waals surface area contributed by atoms with E-state index in [1.165, 1.54) is 19.3 Å². The first-order valence-electron chi connectivity index (χ1n) is 11.0. The van der Waals surface area contributed by atoms with E-state index in [0.717, 1.165) is 11.6 Å². The first kappa shape index (κ1) is 25.4. The number of hydrogen-bond donors (Lipinski definition) is 2. The number of allylic oxidation sites excluding steroid dienone is 2. The van der Waals surface area contributed by atoms with Gasteiger partial charge in [-0.15, -0.1) is 0 Å². The Morgan fingerprint density at radius 3 is 2.46 bits per heavy atom. The van der Waals surface area contributed by atoms with Crippen LogP contribution in [-0.2, 0) is 16.0 Å². The normalized spacial score (nSPS) is 11.0. The molecular formula is C27H28O8. The van der Waals surface area contributed by atoms with Gasteiger partial charge in [-0.05, 0) is 57.5 Å². The summed E-state index contributed by atoms with van der Waals surface area (Å²) in [5.74, 6) is -0.587. The van der Waals surface area contributed by atoms with Gasteiger partial charge in [-0.3, -0.25) is 4.79 Å². The maximum atomic E-state index is 13.5. The number of phenols is 2. The molecule has 2 N–H and O–H groups in total. The lowest BCUT2D eigenvalue weighted by Crippen LogP contribution is -2.11. The highest BCUT2D eigenvalue weighted by Gasteiger charge is 2.23. The summed E-state index contributed by atoms with van der Waals surface area (Å²) in [7, 11) is 1.54. The van der Waals surface area contributed by atoms with Crippen LogP contribution in [0.4, 0.5) is 0 Å². The Labute approximate surface area is 202 Å². The Morgan fingerprint density at radius 1 is 1.11 bits per heavy atom. The summed E-state index contributed by atoms with van der Waals surface area (Å²) in [4.78, 5) is 25.1. The number of carbonyl (C=O) groups excluding carboxylic acids is 1. The van der Waals surface area contributed by atoms with Gasteiger partial charge < -0.3 is 28.8 Å². The summed E-state index contributed by atoms with van der Waals surface area (Å²) in [6, 6.07) is 7.91. The number of carbonyl (C=O) groups is 1. The van der Waals surface area contributed by atoms with Crippen LogP contribution in [0.15, 0.2) is 63.3 Å². The molecule has 3 aromatic rings. The van der Waals surface area contributed by atoms with Crippen molar-refractivity contribution < 1.29 is 33.6 Å². The Kier molecular flexibility index (Phi) is 8.20. The molecule has 0 aliphatic rings. The molecule has 0 saturated heterocycles. The molecule has 0 fully saturated rings. The fourth-order valence-electron chi connectivity index (χ4n) is 3.40. The number of hydrogen-bond acceptors (Lipinski definition) is 8. The molecule has 0 bridgehead atoms. The fraction of sp³-hybridized carbons (Fsp3) is 0.259. The fourth-order valence-corrected chi connectivity index (χ4v) is 3.40. The van der Waals surface area contributed by atoms with E-state index in [4.69, 9.17) is 18.6 Å². The average molecular weight is 481 g/mol. The zero-order valence-electron chi connectivity index (χ0n) is 20.1. The molecule has 35 heavy (non-hydrogen) atoms.